The Kier molecular flexibility index (Phi) is 12.8. The molecule has 0 aliphatic carbocycles. The van der Waals surface area contributed by atoms with Crippen LogP contribution < -0.4 is 5.50 Å². The zero-order valence-corrected chi connectivity index (χ0v) is 11.1. The highest BCUT2D eigenvalue weighted by atomic mass is 31.2. The number of aliphatic hydroxyl groups is 2. The van der Waals surface area contributed by atoms with Gasteiger partial charge in [-0.2, -0.15) is 0 Å². The highest BCUT2D eigenvalue weighted by Gasteiger charge is 2.38. The van der Waals surface area contributed by atoms with Gasteiger partial charge in [0.15, 0.2) is 0 Å². The summed E-state index contributed by atoms with van der Waals surface area (Å²) >= 11 is 0. The smallest absolute Gasteiger partial charge is 0.334 e. The van der Waals surface area contributed by atoms with Crippen molar-refractivity contribution in [1.29, 1.82) is 0 Å². The molecule has 17 heavy (non-hydrogen) atoms. The van der Waals surface area contributed by atoms with Crippen LogP contribution in [-0.4, -0.2) is 52.1 Å². The third kappa shape index (κ3) is 11.0. The van der Waals surface area contributed by atoms with Gasteiger partial charge in [-0.15, -0.1) is 0 Å². The second-order valence-electron chi connectivity index (χ2n) is 2.62. The fourth-order valence-corrected chi connectivity index (χ4v) is 0.861. The summed E-state index contributed by atoms with van der Waals surface area (Å²) < 4.78 is 14.5. The average Bonchev–Trinajstić information content (AvgIpc) is 2.17. The van der Waals surface area contributed by atoms with Crippen molar-refractivity contribution < 1.29 is 34.2 Å². The Morgan fingerprint density at radius 1 is 1.12 bits per heavy atom. The highest BCUT2D eigenvalue weighted by Crippen LogP contribution is 2.15. The average molecular weight is 275 g/mol. The van der Waals surface area contributed by atoms with Crippen molar-refractivity contribution >= 4 is 8.53 Å². The van der Waals surface area contributed by atoms with Crippen molar-refractivity contribution in [2.45, 2.75) is 33.0 Å². The minimum atomic E-state index is -2.12. The standard InChI is InChI=1S/C8H18O5.H4NO2P/c1-4-11-7(9)8(10,12-5-2)13-6-3;1-4(2)3/h7,9-10H,4-6H2,1-3H3;2-3H,1H2. The molecule has 0 aromatic carbocycles. The van der Waals surface area contributed by atoms with E-state index in [2.05, 4.69) is 5.50 Å². The van der Waals surface area contributed by atoms with Gasteiger partial charge < -0.3 is 34.2 Å². The van der Waals surface area contributed by atoms with E-state index in [1.807, 2.05) is 0 Å². The SMILES string of the molecule is CCOC(O)C(O)(OCC)OCC.NP(O)O. The van der Waals surface area contributed by atoms with E-state index in [4.69, 9.17) is 24.0 Å². The predicted octanol–water partition coefficient (Wildman–Crippen LogP) is -0.783. The molecule has 0 amide bonds. The highest BCUT2D eigenvalue weighted by molar-refractivity contribution is 7.42. The molecule has 0 radical (unpaired) electrons. The van der Waals surface area contributed by atoms with Gasteiger partial charge in [0.2, 0.25) is 14.8 Å². The second kappa shape index (κ2) is 11.2. The molecular formula is C8H22NO7P. The second-order valence-corrected chi connectivity index (χ2v) is 3.27. The first-order valence-corrected chi connectivity index (χ1v) is 6.38. The van der Waals surface area contributed by atoms with Gasteiger partial charge >= 0.3 is 5.97 Å². The molecular weight excluding hydrogens is 253 g/mol. The number of rotatable bonds is 7. The summed E-state index contributed by atoms with van der Waals surface area (Å²) in [5.74, 6) is -2.06. The fraction of sp³-hybridized carbons (Fsp3) is 1.00. The Hall–Kier alpha value is 0.110. The Morgan fingerprint density at radius 2 is 1.47 bits per heavy atom. The van der Waals surface area contributed by atoms with Crippen molar-refractivity contribution in [3.63, 3.8) is 0 Å². The summed E-state index contributed by atoms with van der Waals surface area (Å²) in [4.78, 5) is 14.9. The van der Waals surface area contributed by atoms with Crippen LogP contribution in [0.5, 0.6) is 0 Å². The van der Waals surface area contributed by atoms with Gasteiger partial charge in [-0.05, 0) is 20.8 Å². The summed E-state index contributed by atoms with van der Waals surface area (Å²) in [6, 6.07) is 0. The molecule has 9 heteroatoms. The lowest BCUT2D eigenvalue weighted by Crippen LogP contribution is -2.49. The van der Waals surface area contributed by atoms with Crippen molar-refractivity contribution in [2.75, 3.05) is 19.8 Å². The van der Waals surface area contributed by atoms with Gasteiger partial charge in [-0.1, -0.05) is 0 Å². The van der Waals surface area contributed by atoms with Crippen LogP contribution in [0.1, 0.15) is 20.8 Å². The number of nitrogens with two attached hydrogens (primary N) is 1. The molecule has 0 saturated heterocycles. The van der Waals surface area contributed by atoms with E-state index < -0.39 is 20.8 Å². The van der Waals surface area contributed by atoms with Gasteiger partial charge in [0.25, 0.3) is 0 Å². The molecule has 6 N–H and O–H groups in total. The summed E-state index contributed by atoms with van der Waals surface area (Å²) in [5, 5.41) is 18.9. The third-order valence-electron chi connectivity index (χ3n) is 1.34. The number of hydrogen-bond donors (Lipinski definition) is 5. The molecule has 0 bridgehead atoms. The van der Waals surface area contributed by atoms with E-state index in [-0.39, 0.29) is 19.8 Å². The van der Waals surface area contributed by atoms with E-state index in [9.17, 15) is 10.2 Å². The van der Waals surface area contributed by atoms with Gasteiger partial charge in [0.1, 0.15) is 0 Å². The van der Waals surface area contributed by atoms with E-state index in [1.54, 1.807) is 20.8 Å². The molecule has 0 aliphatic heterocycles. The lowest BCUT2D eigenvalue weighted by Gasteiger charge is -2.30. The molecule has 0 rings (SSSR count). The molecule has 0 aliphatic rings. The van der Waals surface area contributed by atoms with E-state index in [1.165, 1.54) is 0 Å². The summed E-state index contributed by atoms with van der Waals surface area (Å²) in [6.07, 6.45) is -1.49. The molecule has 0 saturated carbocycles. The quantitative estimate of drug-likeness (QED) is 0.301. The Balaban J connectivity index is 0. The largest absolute Gasteiger partial charge is 0.362 e. The molecule has 0 fully saturated rings. The van der Waals surface area contributed by atoms with Crippen LogP contribution in [0.2, 0.25) is 0 Å². The van der Waals surface area contributed by atoms with Gasteiger partial charge in [-0.25, -0.2) is 0 Å². The number of ether oxygens (including phenoxy) is 3. The lowest BCUT2D eigenvalue weighted by atomic mass is 10.5. The minimum absolute atomic E-state index is 0.223. The third-order valence-corrected chi connectivity index (χ3v) is 1.34. The van der Waals surface area contributed by atoms with Crippen LogP contribution in [0.15, 0.2) is 0 Å². The van der Waals surface area contributed by atoms with E-state index in [0.717, 1.165) is 0 Å². The molecule has 1 atom stereocenters. The first-order chi connectivity index (χ1) is 7.83. The Bertz CT molecular complexity index is 163. The van der Waals surface area contributed by atoms with Crippen LogP contribution in [-0.2, 0) is 14.2 Å². The van der Waals surface area contributed by atoms with Crippen LogP contribution >= 0.6 is 8.53 Å². The number of hydrogen-bond acceptors (Lipinski definition) is 8. The molecule has 1 unspecified atom stereocenters. The van der Waals surface area contributed by atoms with Crippen LogP contribution in [0.25, 0.3) is 0 Å². The van der Waals surface area contributed by atoms with Crippen molar-refractivity contribution in [3.8, 4) is 0 Å². The number of aliphatic hydroxyl groups excluding tert-OH is 1. The molecule has 106 valence electrons. The summed E-state index contributed by atoms with van der Waals surface area (Å²) in [7, 11) is -2.12. The lowest BCUT2D eigenvalue weighted by molar-refractivity contribution is -0.434. The predicted molar refractivity (Wildman–Crippen MR) is 61.4 cm³/mol. The van der Waals surface area contributed by atoms with Crippen LogP contribution in [0.3, 0.4) is 0 Å². The molecule has 0 spiro atoms. The van der Waals surface area contributed by atoms with E-state index >= 15 is 0 Å². The normalized spacial score (nSPS) is 13.2. The van der Waals surface area contributed by atoms with Crippen LogP contribution in [0, 0.1) is 0 Å². The van der Waals surface area contributed by atoms with Crippen molar-refractivity contribution in [3.05, 3.63) is 0 Å². The fourth-order valence-electron chi connectivity index (χ4n) is 0.861. The topological polar surface area (TPSA) is 135 Å². The first-order valence-electron chi connectivity index (χ1n) is 5.06. The summed E-state index contributed by atoms with van der Waals surface area (Å²) in [5.41, 5.74) is 4.29. The van der Waals surface area contributed by atoms with Crippen molar-refractivity contribution in [2.24, 2.45) is 5.50 Å². The maximum atomic E-state index is 9.59. The molecule has 0 aromatic rings. The van der Waals surface area contributed by atoms with Gasteiger partial charge in [-0.3, -0.25) is 5.50 Å². The monoisotopic (exact) mass is 275 g/mol. The Morgan fingerprint density at radius 3 is 1.71 bits per heavy atom. The van der Waals surface area contributed by atoms with Crippen molar-refractivity contribution in [1.82, 2.24) is 0 Å². The summed E-state index contributed by atoms with van der Waals surface area (Å²) in [6.45, 7) is 5.78. The molecule has 8 nitrogen and oxygen atoms in total. The van der Waals surface area contributed by atoms with Gasteiger partial charge in [0, 0.05) is 19.8 Å². The maximum absolute atomic E-state index is 9.59. The first kappa shape index (κ1) is 19.4. The van der Waals surface area contributed by atoms with Crippen LogP contribution in [0.4, 0.5) is 0 Å². The molecule has 0 aromatic heterocycles. The zero-order valence-electron chi connectivity index (χ0n) is 10.2. The van der Waals surface area contributed by atoms with E-state index in [0.29, 0.717) is 0 Å². The minimum Gasteiger partial charge on any atom is -0.362 e. The Labute approximate surface area is 102 Å². The zero-order chi connectivity index (χ0) is 13.9. The maximum Gasteiger partial charge on any atom is 0.334 e. The van der Waals surface area contributed by atoms with Gasteiger partial charge in [0.05, 0.1) is 0 Å². The molecule has 0 heterocycles.